The first-order valence-corrected chi connectivity index (χ1v) is 11.1. The van der Waals surface area contributed by atoms with Crippen molar-refractivity contribution in [3.8, 4) is 5.75 Å². The highest BCUT2D eigenvalue weighted by Gasteiger charge is 2.48. The third-order valence-electron chi connectivity index (χ3n) is 5.25. The van der Waals surface area contributed by atoms with Crippen molar-refractivity contribution in [2.24, 2.45) is 0 Å². The average molecular weight is 567 g/mol. The normalized spacial score (nSPS) is 20.4. The van der Waals surface area contributed by atoms with Crippen LogP contribution in [0, 0.1) is 6.92 Å². The van der Waals surface area contributed by atoms with E-state index in [4.69, 9.17) is 29.3 Å². The van der Waals surface area contributed by atoms with E-state index >= 15 is 0 Å². The molecule has 2 aliphatic rings. The fourth-order valence-corrected chi connectivity index (χ4v) is 3.65. The Balaban J connectivity index is 0.000000317. The topological polar surface area (TPSA) is 139 Å². The Hall–Kier alpha value is -3.95. The molecule has 16 heteroatoms. The van der Waals surface area contributed by atoms with Gasteiger partial charge in [-0.25, -0.2) is 14.6 Å². The van der Waals surface area contributed by atoms with Gasteiger partial charge in [-0.2, -0.15) is 26.3 Å². The summed E-state index contributed by atoms with van der Waals surface area (Å²) >= 11 is 0. The quantitative estimate of drug-likeness (QED) is 0.534. The highest BCUT2D eigenvalue weighted by atomic mass is 19.4. The van der Waals surface area contributed by atoms with E-state index in [9.17, 15) is 31.1 Å². The molecule has 2 N–H and O–H groups in total. The van der Waals surface area contributed by atoms with Crippen molar-refractivity contribution in [2.75, 3.05) is 13.2 Å². The van der Waals surface area contributed by atoms with Gasteiger partial charge in [0.05, 0.1) is 18.8 Å². The van der Waals surface area contributed by atoms with Crippen LogP contribution in [0.15, 0.2) is 42.7 Å². The minimum Gasteiger partial charge on any atom is -0.484 e. The van der Waals surface area contributed by atoms with E-state index in [0.29, 0.717) is 24.6 Å². The van der Waals surface area contributed by atoms with Crippen LogP contribution in [0.2, 0.25) is 0 Å². The third-order valence-corrected chi connectivity index (χ3v) is 5.25. The maximum Gasteiger partial charge on any atom is 0.490 e. The molecule has 214 valence electrons. The van der Waals surface area contributed by atoms with Crippen LogP contribution in [0.5, 0.6) is 5.75 Å². The van der Waals surface area contributed by atoms with E-state index in [1.165, 1.54) is 0 Å². The number of halogens is 6. The first-order valence-electron chi connectivity index (χ1n) is 11.1. The van der Waals surface area contributed by atoms with Crippen LogP contribution in [0.3, 0.4) is 0 Å². The van der Waals surface area contributed by atoms with Gasteiger partial charge >= 0.3 is 24.3 Å². The van der Waals surface area contributed by atoms with Crippen LogP contribution < -0.4 is 4.74 Å². The number of ether oxygens (including phenoxy) is 2. The summed E-state index contributed by atoms with van der Waals surface area (Å²) in [6.07, 6.45) is -5.20. The van der Waals surface area contributed by atoms with Gasteiger partial charge in [-0.15, -0.1) is 0 Å². The standard InChI is InChI=1S/C19H21N3O3.2C2HF3O2/c1-13-5-2-7-15(21-13)19(23)22-12-17(18-16(22)8-4-10-24-18)25-14-6-3-9-20-11-14;2*3-2(4,5)1(6)7/h2-3,5-7,9,11,16-18H,4,8,10,12H2,1H3;2*(H,6,7)/t16-,17-,18+;;/m1../s1. The SMILES string of the molecule is Cc1cccc(C(=O)N2C[C@@H](Oc3cccnc3)[C@H]3OCCC[C@H]32)n1.O=C(O)C(F)(F)F.O=C(O)C(F)(F)F. The summed E-state index contributed by atoms with van der Waals surface area (Å²) in [5, 5.41) is 14.2. The van der Waals surface area contributed by atoms with Crippen LogP contribution >= 0.6 is 0 Å². The smallest absolute Gasteiger partial charge is 0.484 e. The van der Waals surface area contributed by atoms with Crippen molar-refractivity contribution in [1.29, 1.82) is 0 Å². The number of amides is 1. The summed E-state index contributed by atoms with van der Waals surface area (Å²) in [5.74, 6) is -4.87. The Labute approximate surface area is 217 Å². The lowest BCUT2D eigenvalue weighted by Gasteiger charge is -2.31. The highest BCUT2D eigenvalue weighted by molar-refractivity contribution is 5.93. The summed E-state index contributed by atoms with van der Waals surface area (Å²) in [4.78, 5) is 41.1. The second kappa shape index (κ2) is 13.2. The first kappa shape index (κ1) is 31.3. The van der Waals surface area contributed by atoms with Gasteiger partial charge in [0.25, 0.3) is 5.91 Å². The number of hydrogen-bond donors (Lipinski definition) is 2. The number of pyridine rings is 2. The van der Waals surface area contributed by atoms with Gasteiger partial charge in [-0.05, 0) is 44.0 Å². The van der Waals surface area contributed by atoms with E-state index in [-0.39, 0.29) is 24.2 Å². The van der Waals surface area contributed by atoms with Crippen molar-refractivity contribution in [1.82, 2.24) is 14.9 Å². The number of aryl methyl sites for hydroxylation is 1. The molecule has 2 saturated heterocycles. The molecule has 0 radical (unpaired) electrons. The van der Waals surface area contributed by atoms with Gasteiger partial charge in [0.2, 0.25) is 0 Å². The molecule has 0 unspecified atom stereocenters. The molecule has 4 rings (SSSR count). The van der Waals surface area contributed by atoms with Gasteiger partial charge in [0, 0.05) is 18.5 Å². The lowest BCUT2D eigenvalue weighted by molar-refractivity contribution is -0.193. The number of aliphatic carboxylic acids is 2. The van der Waals surface area contributed by atoms with Crippen LogP contribution in [-0.2, 0) is 14.3 Å². The molecule has 0 aliphatic carbocycles. The molecule has 4 heterocycles. The fourth-order valence-electron chi connectivity index (χ4n) is 3.65. The molecule has 39 heavy (non-hydrogen) atoms. The molecule has 0 saturated carbocycles. The number of carboxylic acid groups (broad SMARTS) is 2. The minimum atomic E-state index is -5.08. The van der Waals surface area contributed by atoms with Crippen molar-refractivity contribution in [3.63, 3.8) is 0 Å². The number of hydrogen-bond acceptors (Lipinski definition) is 7. The van der Waals surface area contributed by atoms with Crippen LogP contribution in [0.25, 0.3) is 0 Å². The lowest BCUT2D eigenvalue weighted by Crippen LogP contribution is -2.44. The maximum absolute atomic E-state index is 13.0. The third kappa shape index (κ3) is 9.38. The summed E-state index contributed by atoms with van der Waals surface area (Å²) in [7, 11) is 0. The molecule has 2 fully saturated rings. The zero-order valence-corrected chi connectivity index (χ0v) is 20.1. The Morgan fingerprint density at radius 2 is 1.64 bits per heavy atom. The zero-order chi connectivity index (χ0) is 29.4. The van der Waals surface area contributed by atoms with E-state index in [0.717, 1.165) is 18.5 Å². The predicted octanol–water partition coefficient (Wildman–Crippen LogP) is 3.50. The number of carbonyl (C=O) groups is 3. The van der Waals surface area contributed by atoms with Gasteiger partial charge in [-0.1, -0.05) is 6.07 Å². The fraction of sp³-hybridized carbons (Fsp3) is 0.435. The molecule has 3 atom stereocenters. The van der Waals surface area contributed by atoms with E-state index < -0.39 is 24.3 Å². The number of alkyl halides is 6. The molecule has 1 amide bonds. The number of nitrogens with zero attached hydrogens (tertiary/aromatic N) is 3. The van der Waals surface area contributed by atoms with Crippen molar-refractivity contribution in [3.05, 3.63) is 54.1 Å². The molecular formula is C23H23F6N3O7. The first-order chi connectivity index (χ1) is 18.1. The average Bonchev–Trinajstić information content (AvgIpc) is 3.22. The van der Waals surface area contributed by atoms with Gasteiger partial charge < -0.3 is 24.6 Å². The summed E-state index contributed by atoms with van der Waals surface area (Å²) in [5.41, 5.74) is 1.32. The van der Waals surface area contributed by atoms with E-state index in [1.807, 2.05) is 36.1 Å². The predicted molar refractivity (Wildman–Crippen MR) is 119 cm³/mol. The monoisotopic (exact) mass is 567 g/mol. The molecule has 0 aromatic carbocycles. The second-order valence-electron chi connectivity index (χ2n) is 8.12. The largest absolute Gasteiger partial charge is 0.490 e. The van der Waals surface area contributed by atoms with Gasteiger partial charge in [0.1, 0.15) is 23.7 Å². The molecule has 0 bridgehead atoms. The Morgan fingerprint density at radius 1 is 1.03 bits per heavy atom. The summed E-state index contributed by atoms with van der Waals surface area (Å²) in [6, 6.07) is 9.26. The van der Waals surface area contributed by atoms with Crippen LogP contribution in [0.4, 0.5) is 26.3 Å². The molecule has 2 aliphatic heterocycles. The molecule has 0 spiro atoms. The highest BCUT2D eigenvalue weighted by Crippen LogP contribution is 2.32. The van der Waals surface area contributed by atoms with Crippen molar-refractivity contribution >= 4 is 17.8 Å². The molecule has 2 aromatic rings. The summed E-state index contributed by atoms with van der Waals surface area (Å²) in [6.45, 7) is 3.10. The molecule has 2 aromatic heterocycles. The Bertz CT molecular complexity index is 1110. The number of rotatable bonds is 3. The summed E-state index contributed by atoms with van der Waals surface area (Å²) < 4.78 is 75.5. The Kier molecular flexibility index (Phi) is 10.6. The number of aromatic nitrogens is 2. The molecule has 10 nitrogen and oxygen atoms in total. The maximum atomic E-state index is 13.0. The number of fused-ring (bicyclic) bond motifs is 1. The number of carboxylic acids is 2. The van der Waals surface area contributed by atoms with Crippen LogP contribution in [0.1, 0.15) is 29.0 Å². The van der Waals surface area contributed by atoms with Crippen molar-refractivity contribution in [2.45, 2.75) is 50.4 Å². The van der Waals surface area contributed by atoms with Gasteiger partial charge in [-0.3, -0.25) is 9.78 Å². The Morgan fingerprint density at radius 3 is 2.15 bits per heavy atom. The van der Waals surface area contributed by atoms with E-state index in [2.05, 4.69) is 9.97 Å². The van der Waals surface area contributed by atoms with Gasteiger partial charge in [0.15, 0.2) is 0 Å². The van der Waals surface area contributed by atoms with Crippen LogP contribution in [-0.4, -0.2) is 86.7 Å². The minimum absolute atomic E-state index is 0.0326. The molecular weight excluding hydrogens is 544 g/mol. The second-order valence-corrected chi connectivity index (χ2v) is 8.12. The lowest BCUT2D eigenvalue weighted by atomic mass is 10.0. The zero-order valence-electron chi connectivity index (χ0n) is 20.1. The number of likely N-dealkylation sites (tertiary alicyclic amines) is 1. The van der Waals surface area contributed by atoms with Crippen molar-refractivity contribution < 1.29 is 60.4 Å². The van der Waals surface area contributed by atoms with E-state index in [1.54, 1.807) is 18.5 Å². The number of carbonyl (C=O) groups excluding carboxylic acids is 1.